The third kappa shape index (κ3) is 2.52. The van der Waals surface area contributed by atoms with Gasteiger partial charge in [0.1, 0.15) is 0 Å². The molecule has 1 aliphatic rings. The van der Waals surface area contributed by atoms with Gasteiger partial charge in [-0.2, -0.15) is 0 Å². The average molecular weight is 249 g/mol. The minimum absolute atomic E-state index is 0.367. The molecule has 1 unspecified atom stereocenters. The molecule has 0 saturated carbocycles. The zero-order valence-electron chi connectivity index (χ0n) is 11.3. The Kier molecular flexibility index (Phi) is 3.93. The molecule has 100 valence electrons. The zero-order valence-corrected chi connectivity index (χ0v) is 11.3. The molecule has 3 heteroatoms. The van der Waals surface area contributed by atoms with Gasteiger partial charge in [-0.05, 0) is 25.3 Å². The van der Waals surface area contributed by atoms with E-state index in [1.54, 1.807) is 0 Å². The van der Waals surface area contributed by atoms with Crippen LogP contribution in [0.2, 0.25) is 0 Å². The Labute approximate surface area is 109 Å². The molecule has 0 saturated heterocycles. The van der Waals surface area contributed by atoms with Gasteiger partial charge in [0.25, 0.3) is 0 Å². The summed E-state index contributed by atoms with van der Waals surface area (Å²) in [7, 11) is 0. The van der Waals surface area contributed by atoms with Crippen LogP contribution in [0.5, 0.6) is 0 Å². The van der Waals surface area contributed by atoms with Crippen LogP contribution in [-0.4, -0.2) is 28.9 Å². The van der Waals surface area contributed by atoms with Crippen LogP contribution in [0.25, 0.3) is 0 Å². The summed E-state index contributed by atoms with van der Waals surface area (Å²) in [6.45, 7) is 5.49. The highest BCUT2D eigenvalue weighted by molar-refractivity contribution is 5.56. The topological polar surface area (TPSA) is 43.7 Å². The summed E-state index contributed by atoms with van der Waals surface area (Å²) >= 11 is 0. The van der Waals surface area contributed by atoms with E-state index in [0.717, 1.165) is 37.1 Å². The first-order valence-corrected chi connectivity index (χ1v) is 6.84. The lowest BCUT2D eigenvalue weighted by atomic mass is 9.93. The van der Waals surface area contributed by atoms with E-state index < -0.39 is 5.60 Å². The quantitative estimate of drug-likeness (QED) is 0.861. The highest BCUT2D eigenvalue weighted by Gasteiger charge is 2.30. The SMILES string of the molecule is CCC(O)(CC)CN1CCC(O)c2ccccc21. The second kappa shape index (κ2) is 5.29. The Morgan fingerprint density at radius 2 is 1.94 bits per heavy atom. The summed E-state index contributed by atoms with van der Waals surface area (Å²) in [6.07, 6.45) is 1.88. The molecule has 2 rings (SSSR count). The number of aliphatic hydroxyl groups excluding tert-OH is 1. The van der Waals surface area contributed by atoms with Crippen molar-refractivity contribution in [2.45, 2.75) is 44.8 Å². The number of anilines is 1. The first-order chi connectivity index (χ1) is 8.59. The van der Waals surface area contributed by atoms with Gasteiger partial charge >= 0.3 is 0 Å². The highest BCUT2D eigenvalue weighted by Crippen LogP contribution is 2.34. The first-order valence-electron chi connectivity index (χ1n) is 6.84. The number of hydrogen-bond acceptors (Lipinski definition) is 3. The molecule has 2 N–H and O–H groups in total. The Bertz CT molecular complexity index is 401. The lowest BCUT2D eigenvalue weighted by molar-refractivity contribution is 0.0376. The standard InChI is InChI=1S/C15H23NO2/c1-3-15(18,4-2)11-16-10-9-14(17)12-7-5-6-8-13(12)16/h5-8,14,17-18H,3-4,9-11H2,1-2H3. The minimum atomic E-state index is -0.630. The fourth-order valence-corrected chi connectivity index (χ4v) is 2.60. The van der Waals surface area contributed by atoms with Gasteiger partial charge < -0.3 is 15.1 Å². The summed E-state index contributed by atoms with van der Waals surface area (Å²) in [5.41, 5.74) is 1.42. The molecule has 0 amide bonds. The van der Waals surface area contributed by atoms with E-state index in [9.17, 15) is 10.2 Å². The smallest absolute Gasteiger partial charge is 0.0826 e. The first kappa shape index (κ1) is 13.4. The lowest BCUT2D eigenvalue weighted by Gasteiger charge is -2.39. The summed E-state index contributed by atoms with van der Waals surface area (Å²) in [6, 6.07) is 7.95. The second-order valence-corrected chi connectivity index (χ2v) is 5.22. The van der Waals surface area contributed by atoms with Gasteiger partial charge in [0, 0.05) is 24.3 Å². The molecule has 0 spiro atoms. The third-order valence-electron chi connectivity index (χ3n) is 4.11. The van der Waals surface area contributed by atoms with Crippen LogP contribution in [0.4, 0.5) is 5.69 Å². The Hall–Kier alpha value is -1.06. The largest absolute Gasteiger partial charge is 0.388 e. The molecule has 0 fully saturated rings. The second-order valence-electron chi connectivity index (χ2n) is 5.22. The van der Waals surface area contributed by atoms with Crippen molar-refractivity contribution in [2.75, 3.05) is 18.0 Å². The number of hydrogen-bond donors (Lipinski definition) is 2. The molecule has 0 bridgehead atoms. The fraction of sp³-hybridized carbons (Fsp3) is 0.600. The van der Waals surface area contributed by atoms with Crippen molar-refractivity contribution >= 4 is 5.69 Å². The predicted octanol–water partition coefficient (Wildman–Crippen LogP) is 2.48. The van der Waals surface area contributed by atoms with Crippen LogP contribution < -0.4 is 4.90 Å². The van der Waals surface area contributed by atoms with Crippen molar-refractivity contribution in [1.82, 2.24) is 0 Å². The van der Waals surface area contributed by atoms with Crippen LogP contribution >= 0.6 is 0 Å². The molecular weight excluding hydrogens is 226 g/mol. The van der Waals surface area contributed by atoms with Gasteiger partial charge in [-0.25, -0.2) is 0 Å². The maximum atomic E-state index is 10.5. The summed E-state index contributed by atoms with van der Waals surface area (Å²) in [4.78, 5) is 2.20. The molecule has 1 heterocycles. The highest BCUT2D eigenvalue weighted by atomic mass is 16.3. The van der Waals surface area contributed by atoms with Crippen LogP contribution in [-0.2, 0) is 0 Å². The molecule has 1 atom stereocenters. The Morgan fingerprint density at radius 1 is 1.28 bits per heavy atom. The van der Waals surface area contributed by atoms with E-state index in [1.165, 1.54) is 0 Å². The molecule has 0 aromatic heterocycles. The van der Waals surface area contributed by atoms with E-state index in [4.69, 9.17) is 0 Å². The molecule has 1 aromatic carbocycles. The van der Waals surface area contributed by atoms with E-state index >= 15 is 0 Å². The minimum Gasteiger partial charge on any atom is -0.388 e. The maximum Gasteiger partial charge on any atom is 0.0826 e. The average Bonchev–Trinajstić information content (AvgIpc) is 2.42. The summed E-state index contributed by atoms with van der Waals surface area (Å²) in [5.74, 6) is 0. The molecule has 18 heavy (non-hydrogen) atoms. The molecular formula is C15H23NO2. The van der Waals surface area contributed by atoms with E-state index in [1.807, 2.05) is 38.1 Å². The number of β-amino-alcohol motifs (C(OH)–C–C–N with tert-alkyl or cyclic N) is 1. The number of rotatable bonds is 4. The van der Waals surface area contributed by atoms with E-state index in [-0.39, 0.29) is 6.10 Å². The van der Waals surface area contributed by atoms with Crippen molar-refractivity contribution in [3.8, 4) is 0 Å². The van der Waals surface area contributed by atoms with Crippen molar-refractivity contribution in [2.24, 2.45) is 0 Å². The number of nitrogens with zero attached hydrogens (tertiary/aromatic N) is 1. The van der Waals surface area contributed by atoms with Gasteiger partial charge in [0.05, 0.1) is 11.7 Å². The van der Waals surface area contributed by atoms with Crippen molar-refractivity contribution in [1.29, 1.82) is 0 Å². The van der Waals surface area contributed by atoms with Crippen LogP contribution in [0.1, 0.15) is 44.8 Å². The third-order valence-corrected chi connectivity index (χ3v) is 4.11. The summed E-state index contributed by atoms with van der Waals surface area (Å²) < 4.78 is 0. The van der Waals surface area contributed by atoms with Crippen molar-refractivity contribution in [3.05, 3.63) is 29.8 Å². The molecule has 1 aliphatic heterocycles. The number of para-hydroxylation sites is 1. The van der Waals surface area contributed by atoms with Gasteiger partial charge in [0.2, 0.25) is 0 Å². The monoisotopic (exact) mass is 249 g/mol. The van der Waals surface area contributed by atoms with Crippen molar-refractivity contribution < 1.29 is 10.2 Å². The maximum absolute atomic E-state index is 10.5. The van der Waals surface area contributed by atoms with Gasteiger partial charge in [0.15, 0.2) is 0 Å². The molecule has 0 radical (unpaired) electrons. The number of fused-ring (bicyclic) bond motifs is 1. The van der Waals surface area contributed by atoms with Gasteiger partial charge in [-0.3, -0.25) is 0 Å². The van der Waals surface area contributed by atoms with Crippen molar-refractivity contribution in [3.63, 3.8) is 0 Å². The lowest BCUT2D eigenvalue weighted by Crippen LogP contribution is -2.44. The number of aliphatic hydroxyl groups is 2. The van der Waals surface area contributed by atoms with Crippen LogP contribution in [0, 0.1) is 0 Å². The van der Waals surface area contributed by atoms with E-state index in [0.29, 0.717) is 6.54 Å². The normalized spacial score (nSPS) is 19.8. The zero-order chi connectivity index (χ0) is 13.2. The molecule has 1 aromatic rings. The number of benzene rings is 1. The van der Waals surface area contributed by atoms with Gasteiger partial charge in [-0.1, -0.05) is 32.0 Å². The Balaban J connectivity index is 2.24. The summed E-state index contributed by atoms with van der Waals surface area (Å²) in [5, 5.41) is 20.5. The van der Waals surface area contributed by atoms with Crippen LogP contribution in [0.3, 0.4) is 0 Å². The molecule has 3 nitrogen and oxygen atoms in total. The van der Waals surface area contributed by atoms with E-state index in [2.05, 4.69) is 4.90 Å². The Morgan fingerprint density at radius 3 is 2.61 bits per heavy atom. The molecule has 0 aliphatic carbocycles. The fourth-order valence-electron chi connectivity index (χ4n) is 2.60. The van der Waals surface area contributed by atoms with Crippen LogP contribution in [0.15, 0.2) is 24.3 Å². The van der Waals surface area contributed by atoms with Gasteiger partial charge in [-0.15, -0.1) is 0 Å². The predicted molar refractivity (Wildman–Crippen MR) is 73.8 cm³/mol.